The minimum Gasteiger partial charge on any atom is -0.316 e. The summed E-state index contributed by atoms with van der Waals surface area (Å²) in [7, 11) is 0. The van der Waals surface area contributed by atoms with Crippen LogP contribution in [0.2, 0.25) is 0 Å². The first-order chi connectivity index (χ1) is 5.61. The van der Waals surface area contributed by atoms with Crippen LogP contribution in [-0.4, -0.2) is 13.1 Å². The van der Waals surface area contributed by atoms with Crippen molar-refractivity contribution in [3.63, 3.8) is 0 Å². The van der Waals surface area contributed by atoms with E-state index in [-0.39, 0.29) is 0 Å². The van der Waals surface area contributed by atoms with Crippen molar-refractivity contribution in [3.05, 3.63) is 0 Å². The van der Waals surface area contributed by atoms with Gasteiger partial charge in [0, 0.05) is 0 Å². The van der Waals surface area contributed by atoms with Crippen LogP contribution in [0.15, 0.2) is 0 Å². The van der Waals surface area contributed by atoms with Crippen LogP contribution < -0.4 is 5.32 Å². The fourth-order valence-corrected chi connectivity index (χ4v) is 1.59. The largest absolute Gasteiger partial charge is 0.316 e. The van der Waals surface area contributed by atoms with E-state index in [0.29, 0.717) is 5.41 Å². The lowest BCUT2D eigenvalue weighted by atomic mass is 9.77. The van der Waals surface area contributed by atoms with Crippen LogP contribution in [-0.2, 0) is 0 Å². The fraction of sp³-hybridized carbons (Fsp3) is 1.00. The Bertz CT molecular complexity index is 96.1. The van der Waals surface area contributed by atoms with Crippen LogP contribution in [0.4, 0.5) is 0 Å². The quantitative estimate of drug-likeness (QED) is 0.590. The van der Waals surface area contributed by atoms with Gasteiger partial charge in [-0.3, -0.25) is 0 Å². The van der Waals surface area contributed by atoms with Gasteiger partial charge in [-0.15, -0.1) is 0 Å². The van der Waals surface area contributed by atoms with Gasteiger partial charge in [0.05, 0.1) is 0 Å². The molecule has 1 aliphatic heterocycles. The molecule has 1 heterocycles. The predicted molar refractivity (Wildman–Crippen MR) is 56.4 cm³/mol. The SMILES string of the molecule is CC.CC(C)(C)C1CCCNC1. The molecule has 0 aromatic rings. The van der Waals surface area contributed by atoms with Crippen LogP contribution in [0, 0.1) is 11.3 Å². The van der Waals surface area contributed by atoms with E-state index < -0.39 is 0 Å². The van der Waals surface area contributed by atoms with E-state index >= 15 is 0 Å². The minimum atomic E-state index is 0.507. The van der Waals surface area contributed by atoms with E-state index in [9.17, 15) is 0 Å². The third-order valence-electron chi connectivity index (χ3n) is 2.52. The van der Waals surface area contributed by atoms with Crippen LogP contribution in [0.1, 0.15) is 47.5 Å². The molecule has 1 nitrogen and oxygen atoms in total. The molecule has 0 radical (unpaired) electrons. The molecule has 0 amide bonds. The third kappa shape index (κ3) is 4.10. The van der Waals surface area contributed by atoms with E-state index in [1.165, 1.54) is 25.9 Å². The highest BCUT2D eigenvalue weighted by Crippen LogP contribution is 2.30. The maximum atomic E-state index is 3.44. The van der Waals surface area contributed by atoms with Crippen LogP contribution in [0.25, 0.3) is 0 Å². The van der Waals surface area contributed by atoms with E-state index in [4.69, 9.17) is 0 Å². The van der Waals surface area contributed by atoms with Gasteiger partial charge in [-0.1, -0.05) is 34.6 Å². The molecule has 1 saturated heterocycles. The molecule has 0 spiro atoms. The maximum Gasteiger partial charge on any atom is -0.00155 e. The molecule has 12 heavy (non-hydrogen) atoms. The Balaban J connectivity index is 0.000000561. The van der Waals surface area contributed by atoms with Crippen molar-refractivity contribution < 1.29 is 0 Å². The molecule has 1 unspecified atom stereocenters. The number of hydrogen-bond acceptors (Lipinski definition) is 1. The number of piperidine rings is 1. The lowest BCUT2D eigenvalue weighted by Gasteiger charge is -2.34. The molecule has 1 fully saturated rings. The first-order valence-corrected chi connectivity index (χ1v) is 5.31. The van der Waals surface area contributed by atoms with Crippen molar-refractivity contribution in [1.29, 1.82) is 0 Å². The summed E-state index contributed by atoms with van der Waals surface area (Å²) in [5.41, 5.74) is 0.507. The molecule has 0 aromatic heterocycles. The normalized spacial score (nSPS) is 24.2. The van der Waals surface area contributed by atoms with Crippen molar-refractivity contribution in [3.8, 4) is 0 Å². The lowest BCUT2D eigenvalue weighted by Crippen LogP contribution is -2.36. The van der Waals surface area contributed by atoms with E-state index in [2.05, 4.69) is 26.1 Å². The van der Waals surface area contributed by atoms with E-state index in [1.807, 2.05) is 13.8 Å². The Hall–Kier alpha value is -0.0400. The second kappa shape index (κ2) is 5.58. The Kier molecular flexibility index (Phi) is 5.56. The number of rotatable bonds is 0. The zero-order valence-corrected chi connectivity index (χ0v) is 9.41. The molecule has 0 aliphatic carbocycles. The monoisotopic (exact) mass is 171 g/mol. The van der Waals surface area contributed by atoms with Gasteiger partial charge in [-0.2, -0.15) is 0 Å². The summed E-state index contributed by atoms with van der Waals surface area (Å²) >= 11 is 0. The smallest absolute Gasteiger partial charge is 0.00155 e. The van der Waals surface area contributed by atoms with Gasteiger partial charge >= 0.3 is 0 Å². The second-order valence-corrected chi connectivity index (χ2v) is 4.41. The lowest BCUT2D eigenvalue weighted by molar-refractivity contribution is 0.193. The molecule has 0 aromatic carbocycles. The summed E-state index contributed by atoms with van der Waals surface area (Å²) in [5.74, 6) is 0.890. The summed E-state index contributed by atoms with van der Waals surface area (Å²) in [6.07, 6.45) is 2.78. The highest BCUT2D eigenvalue weighted by molar-refractivity contribution is 4.79. The Morgan fingerprint density at radius 2 is 1.75 bits per heavy atom. The van der Waals surface area contributed by atoms with Gasteiger partial charge < -0.3 is 5.32 Å². The average molecular weight is 171 g/mol. The zero-order valence-electron chi connectivity index (χ0n) is 9.41. The van der Waals surface area contributed by atoms with Gasteiger partial charge in [-0.25, -0.2) is 0 Å². The van der Waals surface area contributed by atoms with Gasteiger partial charge in [0.1, 0.15) is 0 Å². The van der Waals surface area contributed by atoms with Gasteiger partial charge in [0.15, 0.2) is 0 Å². The Morgan fingerprint density at radius 1 is 1.17 bits per heavy atom. The maximum absolute atomic E-state index is 3.44. The molecule has 1 heteroatoms. The van der Waals surface area contributed by atoms with Gasteiger partial charge in [0.2, 0.25) is 0 Å². The number of hydrogen-bond donors (Lipinski definition) is 1. The second-order valence-electron chi connectivity index (χ2n) is 4.41. The van der Waals surface area contributed by atoms with Crippen molar-refractivity contribution in [2.24, 2.45) is 11.3 Å². The van der Waals surface area contributed by atoms with Gasteiger partial charge in [0.25, 0.3) is 0 Å². The van der Waals surface area contributed by atoms with E-state index in [1.54, 1.807) is 0 Å². The Morgan fingerprint density at radius 3 is 2.00 bits per heavy atom. The number of nitrogens with one attached hydrogen (secondary N) is 1. The van der Waals surface area contributed by atoms with Crippen LogP contribution in [0.5, 0.6) is 0 Å². The fourth-order valence-electron chi connectivity index (χ4n) is 1.59. The minimum absolute atomic E-state index is 0.507. The highest BCUT2D eigenvalue weighted by Gasteiger charge is 2.25. The average Bonchev–Trinajstić information content (AvgIpc) is 2.08. The van der Waals surface area contributed by atoms with Crippen molar-refractivity contribution in [2.45, 2.75) is 47.5 Å². The van der Waals surface area contributed by atoms with Crippen LogP contribution >= 0.6 is 0 Å². The molecule has 1 N–H and O–H groups in total. The third-order valence-corrected chi connectivity index (χ3v) is 2.52. The summed E-state index contributed by atoms with van der Waals surface area (Å²) in [6.45, 7) is 13.5. The molecular weight excluding hydrogens is 146 g/mol. The van der Waals surface area contributed by atoms with E-state index in [0.717, 1.165) is 5.92 Å². The molecule has 1 aliphatic rings. The summed E-state index contributed by atoms with van der Waals surface area (Å²) in [5, 5.41) is 3.44. The highest BCUT2D eigenvalue weighted by atomic mass is 14.9. The summed E-state index contributed by atoms with van der Waals surface area (Å²) in [4.78, 5) is 0. The van der Waals surface area contributed by atoms with Crippen LogP contribution in [0.3, 0.4) is 0 Å². The Labute approximate surface area is 77.9 Å². The molecule has 1 rings (SSSR count). The standard InChI is InChI=1S/C9H19N.C2H6/c1-9(2,3)8-5-4-6-10-7-8;1-2/h8,10H,4-7H2,1-3H3;1-2H3. The zero-order chi connectivity index (χ0) is 9.61. The summed E-state index contributed by atoms with van der Waals surface area (Å²) in [6, 6.07) is 0. The predicted octanol–water partition coefficient (Wildman–Crippen LogP) is 3.06. The van der Waals surface area contributed by atoms with Gasteiger partial charge in [-0.05, 0) is 37.3 Å². The first kappa shape index (κ1) is 12.0. The molecule has 1 atom stereocenters. The summed E-state index contributed by atoms with van der Waals surface area (Å²) < 4.78 is 0. The van der Waals surface area contributed by atoms with Crippen molar-refractivity contribution in [1.82, 2.24) is 5.32 Å². The first-order valence-electron chi connectivity index (χ1n) is 5.31. The van der Waals surface area contributed by atoms with Crippen molar-refractivity contribution >= 4 is 0 Å². The topological polar surface area (TPSA) is 12.0 Å². The van der Waals surface area contributed by atoms with Crippen molar-refractivity contribution in [2.75, 3.05) is 13.1 Å². The molecule has 0 bridgehead atoms. The molecule has 74 valence electrons. The molecular formula is C11H25N. The molecule has 0 saturated carbocycles.